The van der Waals surface area contributed by atoms with Crippen molar-refractivity contribution in [2.24, 2.45) is 0 Å². The Balaban J connectivity index is 2.61. The summed E-state index contributed by atoms with van der Waals surface area (Å²) in [5, 5.41) is 12.9. The minimum absolute atomic E-state index is 0.157. The highest BCUT2D eigenvalue weighted by molar-refractivity contribution is 7.10. The lowest BCUT2D eigenvalue weighted by atomic mass is 10.3. The van der Waals surface area contributed by atoms with E-state index in [1.807, 2.05) is 30.6 Å². The smallest absolute Gasteiger partial charge is 0.177 e. The number of nitriles is 1. The number of nitrogens with zero attached hydrogens (tertiary/aromatic N) is 1. The Hall–Kier alpha value is -1.01. The Bertz CT molecular complexity index is 222. The van der Waals surface area contributed by atoms with Crippen LogP contribution in [0.2, 0.25) is 0 Å². The summed E-state index contributed by atoms with van der Waals surface area (Å²) in [5.41, 5.74) is 0. The van der Waals surface area contributed by atoms with Gasteiger partial charge in [-0.05, 0) is 18.4 Å². The van der Waals surface area contributed by atoms with Crippen LogP contribution >= 0.6 is 11.3 Å². The summed E-state index contributed by atoms with van der Waals surface area (Å²) in [4.78, 5) is 1.20. The van der Waals surface area contributed by atoms with Crippen molar-refractivity contribution in [3.8, 4) is 6.19 Å². The molecule has 0 aliphatic heterocycles. The van der Waals surface area contributed by atoms with E-state index in [4.69, 9.17) is 5.26 Å². The first-order chi connectivity index (χ1) is 4.84. The number of nitrogens with one attached hydrogen (secondary N) is 1. The van der Waals surface area contributed by atoms with E-state index in [0.29, 0.717) is 0 Å². The van der Waals surface area contributed by atoms with Crippen molar-refractivity contribution in [1.82, 2.24) is 5.32 Å². The third-order valence-corrected chi connectivity index (χ3v) is 2.31. The van der Waals surface area contributed by atoms with Crippen molar-refractivity contribution in [3.05, 3.63) is 22.4 Å². The van der Waals surface area contributed by atoms with Crippen molar-refractivity contribution in [2.75, 3.05) is 0 Å². The van der Waals surface area contributed by atoms with Gasteiger partial charge in [-0.3, -0.25) is 0 Å². The first-order valence-electron chi connectivity index (χ1n) is 3.02. The van der Waals surface area contributed by atoms with Gasteiger partial charge in [-0.15, -0.1) is 11.3 Å². The molecule has 0 radical (unpaired) electrons. The Labute approximate surface area is 64.1 Å². The molecule has 1 unspecified atom stereocenters. The molecular formula is C7H8N2S. The molecule has 1 N–H and O–H groups in total. The lowest BCUT2D eigenvalue weighted by molar-refractivity contribution is 0.711. The topological polar surface area (TPSA) is 35.8 Å². The molecule has 0 spiro atoms. The number of thiophene rings is 1. The highest BCUT2D eigenvalue weighted by Gasteiger charge is 2.02. The molecule has 1 rings (SSSR count). The molecule has 0 aliphatic carbocycles. The molecule has 0 fully saturated rings. The van der Waals surface area contributed by atoms with Crippen molar-refractivity contribution in [2.45, 2.75) is 13.0 Å². The Morgan fingerprint density at radius 1 is 1.80 bits per heavy atom. The zero-order chi connectivity index (χ0) is 7.40. The molecule has 2 nitrogen and oxygen atoms in total. The van der Waals surface area contributed by atoms with E-state index >= 15 is 0 Å². The van der Waals surface area contributed by atoms with Crippen LogP contribution in [0.1, 0.15) is 17.8 Å². The van der Waals surface area contributed by atoms with Gasteiger partial charge >= 0.3 is 0 Å². The summed E-state index contributed by atoms with van der Waals surface area (Å²) in [6.45, 7) is 1.97. The summed E-state index contributed by atoms with van der Waals surface area (Å²) < 4.78 is 0. The third-order valence-electron chi connectivity index (χ3n) is 1.25. The Morgan fingerprint density at radius 3 is 3.10 bits per heavy atom. The fourth-order valence-electron chi connectivity index (χ4n) is 0.706. The van der Waals surface area contributed by atoms with Crippen LogP contribution in [0.15, 0.2) is 17.5 Å². The van der Waals surface area contributed by atoms with Gasteiger partial charge in [0.15, 0.2) is 6.19 Å². The highest BCUT2D eigenvalue weighted by Crippen LogP contribution is 2.17. The lowest BCUT2D eigenvalue weighted by Gasteiger charge is -2.03. The van der Waals surface area contributed by atoms with Gasteiger partial charge in [0, 0.05) is 4.88 Å². The van der Waals surface area contributed by atoms with Gasteiger partial charge in [0.25, 0.3) is 0 Å². The fraction of sp³-hybridized carbons (Fsp3) is 0.286. The van der Waals surface area contributed by atoms with Crippen LogP contribution in [0, 0.1) is 11.5 Å². The van der Waals surface area contributed by atoms with Crippen LogP contribution in [0.3, 0.4) is 0 Å². The van der Waals surface area contributed by atoms with Crippen LogP contribution in [0.4, 0.5) is 0 Å². The average molecular weight is 152 g/mol. The summed E-state index contributed by atoms with van der Waals surface area (Å²) in [6.07, 6.45) is 1.91. The summed E-state index contributed by atoms with van der Waals surface area (Å²) >= 11 is 1.66. The third kappa shape index (κ3) is 1.49. The SMILES string of the molecule is CC(NC#N)c1cccs1. The predicted molar refractivity (Wildman–Crippen MR) is 41.5 cm³/mol. The van der Waals surface area contributed by atoms with Crippen molar-refractivity contribution < 1.29 is 0 Å². The van der Waals surface area contributed by atoms with Crippen LogP contribution < -0.4 is 5.32 Å². The predicted octanol–water partition coefficient (Wildman–Crippen LogP) is 1.88. The maximum absolute atomic E-state index is 8.28. The molecule has 1 heterocycles. The van der Waals surface area contributed by atoms with E-state index in [2.05, 4.69) is 5.32 Å². The second-order valence-electron chi connectivity index (χ2n) is 1.99. The molecule has 0 bridgehead atoms. The maximum Gasteiger partial charge on any atom is 0.177 e. The fourth-order valence-corrected chi connectivity index (χ4v) is 1.44. The minimum Gasteiger partial charge on any atom is -0.316 e. The molecule has 1 aromatic heterocycles. The summed E-state index contributed by atoms with van der Waals surface area (Å²) in [6, 6.07) is 4.15. The van der Waals surface area contributed by atoms with Crippen LogP contribution in [0.5, 0.6) is 0 Å². The lowest BCUT2D eigenvalue weighted by Crippen LogP contribution is -2.09. The van der Waals surface area contributed by atoms with Crippen LogP contribution in [-0.2, 0) is 0 Å². The van der Waals surface area contributed by atoms with Crippen molar-refractivity contribution >= 4 is 11.3 Å². The van der Waals surface area contributed by atoms with Gasteiger partial charge in [-0.25, -0.2) is 0 Å². The number of rotatable bonds is 2. The molecule has 1 atom stereocenters. The molecule has 52 valence electrons. The van der Waals surface area contributed by atoms with Gasteiger partial charge in [-0.1, -0.05) is 6.07 Å². The summed E-state index contributed by atoms with van der Waals surface area (Å²) in [7, 11) is 0. The van der Waals surface area contributed by atoms with Crippen molar-refractivity contribution in [3.63, 3.8) is 0 Å². The van der Waals surface area contributed by atoms with E-state index in [9.17, 15) is 0 Å². The molecule has 0 saturated carbocycles. The van der Waals surface area contributed by atoms with Gasteiger partial charge in [0.1, 0.15) is 0 Å². The van der Waals surface area contributed by atoms with Gasteiger partial charge in [0.2, 0.25) is 0 Å². The second kappa shape index (κ2) is 3.23. The van der Waals surface area contributed by atoms with Gasteiger partial charge in [0.05, 0.1) is 6.04 Å². The van der Waals surface area contributed by atoms with E-state index in [0.717, 1.165) is 0 Å². The Kier molecular flexibility index (Phi) is 2.30. The molecule has 3 heteroatoms. The van der Waals surface area contributed by atoms with E-state index in [1.54, 1.807) is 11.3 Å². The second-order valence-corrected chi connectivity index (χ2v) is 2.97. The summed E-state index contributed by atoms with van der Waals surface area (Å²) in [5.74, 6) is 0. The van der Waals surface area contributed by atoms with E-state index in [-0.39, 0.29) is 6.04 Å². The molecule has 0 aliphatic rings. The monoisotopic (exact) mass is 152 g/mol. The quantitative estimate of drug-likeness (QED) is 0.518. The van der Waals surface area contributed by atoms with Gasteiger partial charge in [-0.2, -0.15) is 5.26 Å². The van der Waals surface area contributed by atoms with Gasteiger partial charge < -0.3 is 5.32 Å². The van der Waals surface area contributed by atoms with Crippen LogP contribution in [-0.4, -0.2) is 0 Å². The van der Waals surface area contributed by atoms with Crippen molar-refractivity contribution in [1.29, 1.82) is 5.26 Å². The molecule has 0 aromatic carbocycles. The largest absolute Gasteiger partial charge is 0.316 e. The first-order valence-corrected chi connectivity index (χ1v) is 3.90. The number of hydrogen-bond acceptors (Lipinski definition) is 3. The van der Waals surface area contributed by atoms with E-state index < -0.39 is 0 Å². The average Bonchev–Trinajstić information content (AvgIpc) is 2.38. The molecule has 0 saturated heterocycles. The zero-order valence-electron chi connectivity index (χ0n) is 5.66. The first kappa shape index (κ1) is 7.10. The minimum atomic E-state index is 0.157. The van der Waals surface area contributed by atoms with E-state index in [1.165, 1.54) is 4.88 Å². The molecule has 10 heavy (non-hydrogen) atoms. The Morgan fingerprint density at radius 2 is 2.60 bits per heavy atom. The molecule has 1 aromatic rings. The molecule has 0 amide bonds. The maximum atomic E-state index is 8.28. The molecular weight excluding hydrogens is 144 g/mol. The van der Waals surface area contributed by atoms with Crippen LogP contribution in [0.25, 0.3) is 0 Å². The number of hydrogen-bond donors (Lipinski definition) is 1. The standard InChI is InChI=1S/C7H8N2S/c1-6(9-5-8)7-3-2-4-10-7/h2-4,6,9H,1H3. The highest BCUT2D eigenvalue weighted by atomic mass is 32.1. The normalized spacial score (nSPS) is 12.0. The zero-order valence-corrected chi connectivity index (χ0v) is 6.48.